The van der Waals surface area contributed by atoms with Crippen LogP contribution in [0.25, 0.3) is 0 Å². The molecule has 0 aliphatic carbocycles. The highest BCUT2D eigenvalue weighted by atomic mass is 35.5. The number of ketones is 1. The van der Waals surface area contributed by atoms with Gasteiger partial charge in [-0.3, -0.25) is 4.79 Å². The summed E-state index contributed by atoms with van der Waals surface area (Å²) in [6.07, 6.45) is 0. The Morgan fingerprint density at radius 1 is 1.00 bits per heavy atom. The molecule has 3 heterocycles. The predicted octanol–water partition coefficient (Wildman–Crippen LogP) is 2.34. The van der Waals surface area contributed by atoms with E-state index in [1.165, 1.54) is 0 Å². The Balaban J connectivity index is 1.91. The minimum atomic E-state index is -0.512. The van der Waals surface area contributed by atoms with Crippen molar-refractivity contribution in [2.24, 2.45) is 0 Å². The Labute approximate surface area is 141 Å². The lowest BCUT2D eigenvalue weighted by molar-refractivity contribution is -0.136. The number of cyclic esters (lactones) is 1. The number of halogens is 2. The molecule has 1 aromatic carbocycles. The lowest BCUT2D eigenvalue weighted by Crippen LogP contribution is -2.37. The van der Waals surface area contributed by atoms with Crippen LogP contribution in [0.4, 0.5) is 0 Å². The molecule has 1 unspecified atom stereocenters. The van der Waals surface area contributed by atoms with E-state index >= 15 is 0 Å². The van der Waals surface area contributed by atoms with Gasteiger partial charge in [-0.25, -0.2) is 4.79 Å². The highest BCUT2D eigenvalue weighted by Gasteiger charge is 2.43. The third-order valence-corrected chi connectivity index (χ3v) is 4.89. The van der Waals surface area contributed by atoms with Gasteiger partial charge in [0.05, 0.1) is 27.9 Å². The minimum absolute atomic E-state index is 0.00397. The molecule has 0 radical (unpaired) electrons. The van der Waals surface area contributed by atoms with Gasteiger partial charge in [0.2, 0.25) is 0 Å². The van der Waals surface area contributed by atoms with Crippen molar-refractivity contribution >= 4 is 35.0 Å². The van der Waals surface area contributed by atoms with E-state index in [0.29, 0.717) is 39.2 Å². The maximum Gasteiger partial charge on any atom is 0.337 e. The van der Waals surface area contributed by atoms with Gasteiger partial charge in [0.15, 0.2) is 5.78 Å². The third kappa shape index (κ3) is 2.27. The van der Waals surface area contributed by atoms with Crippen LogP contribution in [0, 0.1) is 0 Å². The summed E-state index contributed by atoms with van der Waals surface area (Å²) < 4.78 is 10.4. The molecule has 118 valence electrons. The van der Waals surface area contributed by atoms with Gasteiger partial charge in [0.25, 0.3) is 0 Å². The van der Waals surface area contributed by atoms with Crippen LogP contribution in [0.2, 0.25) is 10.0 Å². The molecule has 0 saturated carbocycles. The highest BCUT2D eigenvalue weighted by Crippen LogP contribution is 2.43. The maximum atomic E-state index is 12.4. The zero-order valence-electron chi connectivity index (χ0n) is 11.8. The quantitative estimate of drug-likeness (QED) is 0.786. The van der Waals surface area contributed by atoms with Gasteiger partial charge in [-0.05, 0) is 17.7 Å². The van der Waals surface area contributed by atoms with Gasteiger partial charge in [-0.1, -0.05) is 29.3 Å². The first-order chi connectivity index (χ1) is 11.1. The number of rotatable bonds is 1. The van der Waals surface area contributed by atoms with Crippen LogP contribution in [0.5, 0.6) is 0 Å². The second-order valence-electron chi connectivity index (χ2n) is 5.51. The van der Waals surface area contributed by atoms with E-state index < -0.39 is 11.9 Å². The van der Waals surface area contributed by atoms with Crippen LogP contribution in [0.15, 0.2) is 40.7 Å². The second kappa shape index (κ2) is 5.37. The number of Topliss-reactive ketones (excluding diaryl/α,β-unsaturated/α-hetero) is 1. The summed E-state index contributed by atoms with van der Waals surface area (Å²) >= 11 is 12.1. The Morgan fingerprint density at radius 2 is 1.78 bits per heavy atom. The van der Waals surface area contributed by atoms with Crippen LogP contribution < -0.4 is 5.32 Å². The molecule has 1 aromatic rings. The molecule has 0 fully saturated rings. The van der Waals surface area contributed by atoms with Crippen molar-refractivity contribution in [1.82, 2.24) is 5.32 Å². The van der Waals surface area contributed by atoms with Crippen molar-refractivity contribution in [2.75, 3.05) is 19.8 Å². The average molecular weight is 352 g/mol. The Bertz CT molecular complexity index is 812. The topological polar surface area (TPSA) is 64.6 Å². The molecule has 0 bridgehead atoms. The standard InChI is InChI=1S/C16H11Cl2NO4/c17-8-2-1-7(3-9(8)18)13-14-10(4-22-6-12(14)20)19-11-5-23-16(21)15(11)13/h1-3,13,19H,4-6H2. The fourth-order valence-corrected chi connectivity index (χ4v) is 3.48. The molecular formula is C16H11Cl2NO4. The molecule has 0 amide bonds. The Hall–Kier alpha value is -1.82. The SMILES string of the molecule is O=C1COCC2=C1C(c1ccc(Cl)c(Cl)c1)C1=C(COC1=O)N2. The van der Waals surface area contributed by atoms with E-state index in [2.05, 4.69) is 5.32 Å². The average Bonchev–Trinajstić information content (AvgIpc) is 2.90. The van der Waals surface area contributed by atoms with Crippen LogP contribution in [-0.4, -0.2) is 31.6 Å². The molecule has 1 atom stereocenters. The van der Waals surface area contributed by atoms with Crippen LogP contribution in [0.1, 0.15) is 11.5 Å². The van der Waals surface area contributed by atoms with Crippen molar-refractivity contribution < 1.29 is 19.1 Å². The summed E-state index contributed by atoms with van der Waals surface area (Å²) in [4.78, 5) is 24.6. The lowest BCUT2D eigenvalue weighted by Gasteiger charge is -2.31. The summed E-state index contributed by atoms with van der Waals surface area (Å²) in [6.45, 7) is 0.455. The van der Waals surface area contributed by atoms with E-state index in [1.54, 1.807) is 18.2 Å². The van der Waals surface area contributed by atoms with Crippen molar-refractivity contribution in [1.29, 1.82) is 0 Å². The van der Waals surface area contributed by atoms with Gasteiger partial charge in [0.1, 0.15) is 13.2 Å². The van der Waals surface area contributed by atoms with Crippen molar-refractivity contribution in [3.63, 3.8) is 0 Å². The molecular weight excluding hydrogens is 341 g/mol. The molecule has 0 spiro atoms. The normalized spacial score (nSPS) is 23.5. The summed E-state index contributed by atoms with van der Waals surface area (Å²) in [5, 5.41) is 3.90. The molecule has 1 N–H and O–H groups in total. The minimum Gasteiger partial charge on any atom is -0.456 e. The largest absolute Gasteiger partial charge is 0.456 e. The van der Waals surface area contributed by atoms with Crippen LogP contribution >= 0.6 is 23.2 Å². The molecule has 3 aliphatic rings. The summed E-state index contributed by atoms with van der Waals surface area (Å²) in [5.41, 5.74) is 3.07. The van der Waals surface area contributed by atoms with E-state index in [0.717, 1.165) is 5.56 Å². The predicted molar refractivity (Wildman–Crippen MR) is 83.2 cm³/mol. The maximum absolute atomic E-state index is 12.4. The summed E-state index contributed by atoms with van der Waals surface area (Å²) in [6, 6.07) is 5.11. The number of carbonyl (C=O) groups excluding carboxylic acids is 2. The number of nitrogens with one attached hydrogen (secondary N) is 1. The number of esters is 1. The number of carbonyl (C=O) groups is 2. The Morgan fingerprint density at radius 3 is 2.57 bits per heavy atom. The third-order valence-electron chi connectivity index (χ3n) is 4.15. The molecule has 23 heavy (non-hydrogen) atoms. The molecule has 3 aliphatic heterocycles. The molecule has 7 heteroatoms. The zero-order valence-corrected chi connectivity index (χ0v) is 13.3. The number of hydrogen-bond donors (Lipinski definition) is 1. The number of dihydropyridines is 1. The van der Waals surface area contributed by atoms with Gasteiger partial charge in [0, 0.05) is 17.2 Å². The van der Waals surface area contributed by atoms with E-state index in [4.69, 9.17) is 32.7 Å². The highest BCUT2D eigenvalue weighted by molar-refractivity contribution is 6.42. The van der Waals surface area contributed by atoms with Crippen LogP contribution in [-0.2, 0) is 19.1 Å². The van der Waals surface area contributed by atoms with E-state index in [9.17, 15) is 9.59 Å². The first-order valence-electron chi connectivity index (χ1n) is 7.02. The van der Waals surface area contributed by atoms with E-state index in [1.807, 2.05) is 0 Å². The number of benzene rings is 1. The lowest BCUT2D eigenvalue weighted by atomic mass is 9.78. The molecule has 5 nitrogen and oxygen atoms in total. The van der Waals surface area contributed by atoms with Crippen LogP contribution in [0.3, 0.4) is 0 Å². The second-order valence-corrected chi connectivity index (χ2v) is 6.32. The first kappa shape index (κ1) is 14.8. The summed E-state index contributed by atoms with van der Waals surface area (Å²) in [5.74, 6) is -1.09. The van der Waals surface area contributed by atoms with E-state index in [-0.39, 0.29) is 19.0 Å². The summed E-state index contributed by atoms with van der Waals surface area (Å²) in [7, 11) is 0. The fraction of sp³-hybridized carbons (Fsp3) is 0.250. The fourth-order valence-electron chi connectivity index (χ4n) is 3.17. The van der Waals surface area contributed by atoms with Gasteiger partial charge in [-0.2, -0.15) is 0 Å². The number of hydrogen-bond acceptors (Lipinski definition) is 5. The van der Waals surface area contributed by atoms with Gasteiger partial charge in [-0.15, -0.1) is 0 Å². The first-order valence-corrected chi connectivity index (χ1v) is 7.78. The zero-order chi connectivity index (χ0) is 16.1. The Kier molecular flexibility index (Phi) is 3.44. The van der Waals surface area contributed by atoms with Crippen molar-refractivity contribution in [3.8, 4) is 0 Å². The molecule has 0 saturated heterocycles. The van der Waals surface area contributed by atoms with Gasteiger partial charge < -0.3 is 14.8 Å². The van der Waals surface area contributed by atoms with Crippen molar-refractivity contribution in [3.05, 3.63) is 56.3 Å². The van der Waals surface area contributed by atoms with Gasteiger partial charge >= 0.3 is 5.97 Å². The number of ether oxygens (including phenoxy) is 2. The molecule has 0 aromatic heterocycles. The smallest absolute Gasteiger partial charge is 0.337 e. The van der Waals surface area contributed by atoms with Crippen molar-refractivity contribution in [2.45, 2.75) is 5.92 Å². The monoisotopic (exact) mass is 351 g/mol. The molecule has 4 rings (SSSR count).